The van der Waals surface area contributed by atoms with Gasteiger partial charge in [0, 0.05) is 11.1 Å². The van der Waals surface area contributed by atoms with Crippen molar-refractivity contribution in [2.75, 3.05) is 11.1 Å². The summed E-state index contributed by atoms with van der Waals surface area (Å²) in [7, 11) is 0. The zero-order chi connectivity index (χ0) is 20.7. The minimum atomic E-state index is -0.316. The van der Waals surface area contributed by atoms with Crippen LogP contribution in [0.15, 0.2) is 64.1 Å². The summed E-state index contributed by atoms with van der Waals surface area (Å²) in [6.45, 7) is 2.08. The number of fused-ring (bicyclic) bond motifs is 3. The number of para-hydroxylation sites is 1. The fourth-order valence-corrected chi connectivity index (χ4v) is 3.21. The summed E-state index contributed by atoms with van der Waals surface area (Å²) in [4.78, 5) is 29.9. The van der Waals surface area contributed by atoms with Gasteiger partial charge in [0.15, 0.2) is 5.82 Å². The van der Waals surface area contributed by atoms with Crippen LogP contribution in [-0.2, 0) is 6.54 Å². The van der Waals surface area contributed by atoms with E-state index in [1.54, 1.807) is 6.07 Å². The van der Waals surface area contributed by atoms with Crippen LogP contribution in [0.5, 0.6) is 0 Å². The molecule has 0 aliphatic heterocycles. The minimum absolute atomic E-state index is 0.0560. The summed E-state index contributed by atoms with van der Waals surface area (Å²) in [6.07, 6.45) is 1.46. The fraction of sp³-hybridized carbons (Fsp3) is 0.0952. The first-order chi connectivity index (χ1) is 14.6. The summed E-state index contributed by atoms with van der Waals surface area (Å²) in [5.74, 6) is 0.684. The Bertz CT molecular complexity index is 1440. The van der Waals surface area contributed by atoms with Gasteiger partial charge in [-0.3, -0.25) is 9.36 Å². The van der Waals surface area contributed by atoms with Gasteiger partial charge in [-0.05, 0) is 31.2 Å². The van der Waals surface area contributed by atoms with Gasteiger partial charge < -0.3 is 15.5 Å². The minimum Gasteiger partial charge on any atom is -0.448 e. The number of hydrogen-bond acceptors (Lipinski definition) is 8. The number of anilines is 3. The summed E-state index contributed by atoms with van der Waals surface area (Å²) in [6, 6.07) is 15.2. The lowest BCUT2D eigenvalue weighted by atomic mass is 10.2. The van der Waals surface area contributed by atoms with E-state index in [0.29, 0.717) is 22.9 Å². The summed E-state index contributed by atoms with van der Waals surface area (Å²) in [5, 5.41) is 3.89. The third kappa shape index (κ3) is 3.22. The van der Waals surface area contributed by atoms with Gasteiger partial charge in [0.05, 0.1) is 12.9 Å². The van der Waals surface area contributed by atoms with Gasteiger partial charge in [0.2, 0.25) is 17.5 Å². The van der Waals surface area contributed by atoms with Crippen LogP contribution in [0.2, 0.25) is 0 Å². The first kappa shape index (κ1) is 17.8. The maximum absolute atomic E-state index is 12.9. The smallest absolute Gasteiger partial charge is 0.297 e. The van der Waals surface area contributed by atoms with E-state index < -0.39 is 0 Å². The lowest BCUT2D eigenvalue weighted by molar-refractivity contribution is 0.636. The largest absolute Gasteiger partial charge is 0.448 e. The van der Waals surface area contributed by atoms with Gasteiger partial charge in [-0.2, -0.15) is 15.0 Å². The molecule has 0 radical (unpaired) electrons. The Morgan fingerprint density at radius 3 is 2.70 bits per heavy atom. The number of benzene rings is 2. The molecule has 30 heavy (non-hydrogen) atoms. The van der Waals surface area contributed by atoms with Crippen LogP contribution in [0.3, 0.4) is 0 Å². The highest BCUT2D eigenvalue weighted by Gasteiger charge is 2.14. The molecule has 3 N–H and O–H groups in total. The van der Waals surface area contributed by atoms with E-state index in [2.05, 4.69) is 25.3 Å². The molecule has 0 saturated heterocycles. The number of hydrogen-bond donors (Lipinski definition) is 2. The van der Waals surface area contributed by atoms with Crippen molar-refractivity contribution in [3.05, 3.63) is 76.6 Å². The molecule has 9 nitrogen and oxygen atoms in total. The molecule has 0 aliphatic rings. The van der Waals surface area contributed by atoms with E-state index >= 15 is 0 Å². The van der Waals surface area contributed by atoms with E-state index in [9.17, 15) is 4.79 Å². The van der Waals surface area contributed by atoms with Crippen LogP contribution in [0.1, 0.15) is 11.4 Å². The molecule has 148 valence electrons. The average molecular weight is 399 g/mol. The van der Waals surface area contributed by atoms with Crippen molar-refractivity contribution in [2.45, 2.75) is 13.5 Å². The molecule has 5 rings (SSSR count). The number of aromatic nitrogens is 5. The highest BCUT2D eigenvalue weighted by Crippen LogP contribution is 2.24. The van der Waals surface area contributed by atoms with Gasteiger partial charge in [-0.15, -0.1) is 0 Å². The number of rotatable bonds is 4. The van der Waals surface area contributed by atoms with E-state index in [4.69, 9.17) is 10.2 Å². The standard InChI is InChI=1S/C21H17N7O2/c1-12-6-8-13(9-7-12)24-21-26-16(25-20(22)27-21)10-28-11-23-17-14-4-2-3-5-15(14)30-18(17)19(28)29/h2-9,11H,10H2,1H3,(H3,22,24,25,26,27). The number of furan rings is 1. The van der Waals surface area contributed by atoms with Gasteiger partial charge in [-0.25, -0.2) is 4.98 Å². The molecule has 0 saturated carbocycles. The monoisotopic (exact) mass is 399 g/mol. The second-order valence-electron chi connectivity index (χ2n) is 6.88. The number of nitrogens with two attached hydrogens (primary N) is 1. The van der Waals surface area contributed by atoms with Gasteiger partial charge in [-0.1, -0.05) is 29.8 Å². The highest BCUT2D eigenvalue weighted by molar-refractivity contribution is 6.01. The average Bonchev–Trinajstić information content (AvgIpc) is 3.11. The zero-order valence-corrected chi connectivity index (χ0v) is 16.0. The van der Waals surface area contributed by atoms with E-state index in [-0.39, 0.29) is 23.6 Å². The normalized spacial score (nSPS) is 11.2. The zero-order valence-electron chi connectivity index (χ0n) is 16.0. The van der Waals surface area contributed by atoms with Crippen molar-refractivity contribution in [3.63, 3.8) is 0 Å². The maximum Gasteiger partial charge on any atom is 0.297 e. The van der Waals surface area contributed by atoms with Crippen LogP contribution in [0.4, 0.5) is 17.6 Å². The Kier molecular flexibility index (Phi) is 4.13. The molecule has 3 heterocycles. The first-order valence-electron chi connectivity index (χ1n) is 9.27. The van der Waals surface area contributed by atoms with E-state index in [1.807, 2.05) is 49.4 Å². The maximum atomic E-state index is 12.9. The molecule has 9 heteroatoms. The SMILES string of the molecule is Cc1ccc(Nc2nc(N)nc(Cn3cnc4c(oc5ccccc54)c3=O)n2)cc1. The van der Waals surface area contributed by atoms with Crippen LogP contribution in [-0.4, -0.2) is 24.5 Å². The van der Waals surface area contributed by atoms with Crippen LogP contribution in [0, 0.1) is 6.92 Å². The second-order valence-corrected chi connectivity index (χ2v) is 6.88. The molecule has 0 amide bonds. The highest BCUT2D eigenvalue weighted by atomic mass is 16.3. The molecule has 2 aromatic carbocycles. The Balaban J connectivity index is 1.49. The predicted molar refractivity (Wildman–Crippen MR) is 114 cm³/mol. The van der Waals surface area contributed by atoms with Crippen LogP contribution >= 0.6 is 0 Å². The van der Waals surface area contributed by atoms with Gasteiger partial charge in [0.1, 0.15) is 11.1 Å². The third-order valence-corrected chi connectivity index (χ3v) is 4.67. The summed E-state index contributed by atoms with van der Waals surface area (Å²) < 4.78 is 7.10. The Morgan fingerprint density at radius 2 is 1.87 bits per heavy atom. The van der Waals surface area contributed by atoms with E-state index in [1.165, 1.54) is 10.9 Å². The van der Waals surface area contributed by atoms with E-state index in [0.717, 1.165) is 16.6 Å². The van der Waals surface area contributed by atoms with Crippen LogP contribution < -0.4 is 16.6 Å². The van der Waals surface area contributed by atoms with Crippen molar-refractivity contribution in [2.24, 2.45) is 0 Å². The van der Waals surface area contributed by atoms with Crippen molar-refractivity contribution >= 4 is 39.7 Å². The Hall–Kier alpha value is -4.27. The predicted octanol–water partition coefficient (Wildman–Crippen LogP) is 3.01. The topological polar surface area (TPSA) is 125 Å². The number of nitrogens with zero attached hydrogens (tertiary/aromatic N) is 5. The molecule has 0 fully saturated rings. The molecule has 0 aliphatic carbocycles. The Labute approximate surface area is 170 Å². The number of nitrogen functional groups attached to an aromatic ring is 1. The second kappa shape index (κ2) is 6.96. The third-order valence-electron chi connectivity index (χ3n) is 4.67. The van der Waals surface area contributed by atoms with Crippen molar-refractivity contribution in [1.29, 1.82) is 0 Å². The molecule has 0 atom stereocenters. The molecule has 0 unspecified atom stereocenters. The van der Waals surface area contributed by atoms with Crippen molar-refractivity contribution in [3.8, 4) is 0 Å². The lowest BCUT2D eigenvalue weighted by Crippen LogP contribution is -2.22. The lowest BCUT2D eigenvalue weighted by Gasteiger charge is -2.08. The van der Waals surface area contributed by atoms with Crippen LogP contribution in [0.25, 0.3) is 22.1 Å². The Morgan fingerprint density at radius 1 is 1.07 bits per heavy atom. The number of aryl methyl sites for hydroxylation is 1. The molecule has 0 spiro atoms. The summed E-state index contributed by atoms with van der Waals surface area (Å²) >= 11 is 0. The molecule has 3 aromatic heterocycles. The molecule has 5 aromatic rings. The summed E-state index contributed by atoms with van der Waals surface area (Å²) in [5.41, 5.74) is 8.83. The van der Waals surface area contributed by atoms with Crippen molar-refractivity contribution in [1.82, 2.24) is 24.5 Å². The van der Waals surface area contributed by atoms with Gasteiger partial charge >= 0.3 is 0 Å². The molecular formula is C21H17N7O2. The number of nitrogens with one attached hydrogen (secondary N) is 1. The fourth-order valence-electron chi connectivity index (χ4n) is 3.21. The molecule has 0 bridgehead atoms. The molecular weight excluding hydrogens is 382 g/mol. The first-order valence-corrected chi connectivity index (χ1v) is 9.27. The van der Waals surface area contributed by atoms with Crippen molar-refractivity contribution < 1.29 is 4.42 Å². The quantitative estimate of drug-likeness (QED) is 0.472. The van der Waals surface area contributed by atoms with Gasteiger partial charge in [0.25, 0.3) is 5.56 Å².